The van der Waals surface area contributed by atoms with E-state index in [0.29, 0.717) is 16.3 Å². The van der Waals surface area contributed by atoms with Crippen molar-refractivity contribution in [2.75, 3.05) is 0 Å². The first kappa shape index (κ1) is 20.0. The Morgan fingerprint density at radius 2 is 2.12 bits per heavy atom. The summed E-state index contributed by atoms with van der Waals surface area (Å²) in [4.78, 5) is 28.8. The summed E-state index contributed by atoms with van der Waals surface area (Å²) in [5, 5.41) is 7.22. The number of amides is 1. The fourth-order valence-electron chi connectivity index (χ4n) is 2.04. The van der Waals surface area contributed by atoms with Crippen LogP contribution >= 0.6 is 11.8 Å². The number of aryl methyl sites for hydroxylation is 1. The minimum absolute atomic E-state index is 0.313. The van der Waals surface area contributed by atoms with Crippen molar-refractivity contribution >= 4 is 23.6 Å². The van der Waals surface area contributed by atoms with Crippen molar-refractivity contribution in [2.45, 2.75) is 57.0 Å². The van der Waals surface area contributed by atoms with E-state index in [9.17, 15) is 9.59 Å². The van der Waals surface area contributed by atoms with Gasteiger partial charge >= 0.3 is 5.97 Å². The summed E-state index contributed by atoms with van der Waals surface area (Å²) >= 11 is 1.35. The van der Waals surface area contributed by atoms with Gasteiger partial charge in [0.2, 0.25) is 0 Å². The second-order valence-corrected chi connectivity index (χ2v) is 7.82. The number of nitrogens with zero attached hydrogens (tertiary/aromatic N) is 2. The van der Waals surface area contributed by atoms with Crippen LogP contribution in [0.1, 0.15) is 49.5 Å². The Balaban J connectivity index is 2.03. The first-order valence-electron chi connectivity index (χ1n) is 8.19. The van der Waals surface area contributed by atoms with Crippen molar-refractivity contribution in [1.82, 2.24) is 15.5 Å². The van der Waals surface area contributed by atoms with Crippen LogP contribution < -0.4 is 5.32 Å². The number of ether oxygens (including phenoxy) is 1. The lowest BCUT2D eigenvalue weighted by Gasteiger charge is -2.23. The van der Waals surface area contributed by atoms with Gasteiger partial charge in [-0.05, 0) is 46.8 Å². The molecule has 1 N–H and O–H groups in total. The van der Waals surface area contributed by atoms with Gasteiger partial charge in [-0.25, -0.2) is 9.78 Å². The molecule has 2 heterocycles. The van der Waals surface area contributed by atoms with Gasteiger partial charge in [-0.15, -0.1) is 0 Å². The minimum atomic E-state index is -0.905. The van der Waals surface area contributed by atoms with Crippen molar-refractivity contribution in [3.63, 3.8) is 0 Å². The molecule has 8 heteroatoms. The SMILES string of the molecule is Cc1cc(CSc2ncccc2C(=O)O[C@H](C)C(=O)NC(C)(C)C)no1. The second kappa shape index (κ2) is 8.35. The number of thioether (sulfide) groups is 1. The molecule has 140 valence electrons. The largest absolute Gasteiger partial charge is 0.449 e. The molecule has 2 aromatic rings. The second-order valence-electron chi connectivity index (χ2n) is 6.86. The highest BCUT2D eigenvalue weighted by molar-refractivity contribution is 7.98. The average molecular weight is 377 g/mol. The maximum atomic E-state index is 12.5. The molecule has 0 bridgehead atoms. The van der Waals surface area contributed by atoms with Gasteiger partial charge in [-0.1, -0.05) is 16.9 Å². The van der Waals surface area contributed by atoms with Gasteiger partial charge in [0.15, 0.2) is 6.10 Å². The molecular weight excluding hydrogens is 354 g/mol. The zero-order valence-electron chi connectivity index (χ0n) is 15.5. The molecule has 1 amide bonds. The summed E-state index contributed by atoms with van der Waals surface area (Å²) in [7, 11) is 0. The standard InChI is InChI=1S/C18H23N3O4S/c1-11-9-13(21-25-11)10-26-16-14(7-6-8-19-16)17(23)24-12(2)15(22)20-18(3,4)5/h6-9,12H,10H2,1-5H3,(H,20,22)/t12-/m1/s1. The van der Waals surface area contributed by atoms with Crippen LogP contribution in [0.15, 0.2) is 33.9 Å². The number of hydrogen-bond donors (Lipinski definition) is 1. The van der Waals surface area contributed by atoms with Gasteiger partial charge in [0.25, 0.3) is 5.91 Å². The average Bonchev–Trinajstić information content (AvgIpc) is 2.97. The van der Waals surface area contributed by atoms with Gasteiger partial charge < -0.3 is 14.6 Å². The van der Waals surface area contributed by atoms with E-state index in [1.807, 2.05) is 33.8 Å². The third-order valence-corrected chi connectivity index (χ3v) is 4.21. The highest BCUT2D eigenvalue weighted by Crippen LogP contribution is 2.25. The van der Waals surface area contributed by atoms with Crippen LogP contribution in [0.2, 0.25) is 0 Å². The summed E-state index contributed by atoms with van der Waals surface area (Å²) in [6, 6.07) is 5.10. The van der Waals surface area contributed by atoms with Crippen LogP contribution in [-0.2, 0) is 15.3 Å². The molecule has 0 aliphatic carbocycles. The zero-order valence-corrected chi connectivity index (χ0v) is 16.3. The molecule has 0 radical (unpaired) electrons. The first-order valence-corrected chi connectivity index (χ1v) is 9.17. The predicted octanol–water partition coefficient (Wildman–Crippen LogP) is 3.13. The fraction of sp³-hybridized carbons (Fsp3) is 0.444. The van der Waals surface area contributed by atoms with Crippen molar-refractivity contribution in [2.24, 2.45) is 0 Å². The monoisotopic (exact) mass is 377 g/mol. The third kappa shape index (κ3) is 5.87. The van der Waals surface area contributed by atoms with Crippen LogP contribution in [0.25, 0.3) is 0 Å². The van der Waals surface area contributed by atoms with E-state index in [0.717, 1.165) is 11.5 Å². The van der Waals surface area contributed by atoms with Crippen molar-refractivity contribution < 1.29 is 18.8 Å². The number of rotatable bonds is 6. The molecule has 2 rings (SSSR count). The number of nitrogens with one attached hydrogen (secondary N) is 1. The van der Waals surface area contributed by atoms with Crippen molar-refractivity contribution in [3.8, 4) is 0 Å². The van der Waals surface area contributed by atoms with E-state index in [2.05, 4.69) is 15.5 Å². The zero-order chi connectivity index (χ0) is 19.3. The van der Waals surface area contributed by atoms with Crippen molar-refractivity contribution in [1.29, 1.82) is 0 Å². The lowest BCUT2D eigenvalue weighted by Crippen LogP contribution is -2.46. The molecule has 0 aliphatic rings. The number of hydrogen-bond acceptors (Lipinski definition) is 7. The highest BCUT2D eigenvalue weighted by Gasteiger charge is 2.24. The minimum Gasteiger partial charge on any atom is -0.449 e. The Hall–Kier alpha value is -2.35. The summed E-state index contributed by atoms with van der Waals surface area (Å²) in [5.74, 6) is 0.296. The number of carbonyl (C=O) groups excluding carboxylic acids is 2. The maximum Gasteiger partial charge on any atom is 0.341 e. The van der Waals surface area contributed by atoms with E-state index in [-0.39, 0.29) is 5.91 Å². The fourth-order valence-corrected chi connectivity index (χ4v) is 2.90. The Morgan fingerprint density at radius 1 is 1.38 bits per heavy atom. The predicted molar refractivity (Wildman–Crippen MR) is 97.8 cm³/mol. The van der Waals surface area contributed by atoms with E-state index in [1.165, 1.54) is 11.8 Å². The van der Waals surface area contributed by atoms with Gasteiger partial charge in [-0.2, -0.15) is 0 Å². The molecule has 0 fully saturated rings. The van der Waals surface area contributed by atoms with Crippen LogP contribution in [0.4, 0.5) is 0 Å². The van der Waals surface area contributed by atoms with E-state index >= 15 is 0 Å². The molecule has 0 aliphatic heterocycles. The van der Waals surface area contributed by atoms with Crippen LogP contribution in [0.5, 0.6) is 0 Å². The molecule has 0 saturated heterocycles. The van der Waals surface area contributed by atoms with Gasteiger partial charge in [0, 0.05) is 23.6 Å². The third-order valence-electron chi connectivity index (χ3n) is 3.18. The molecule has 26 heavy (non-hydrogen) atoms. The summed E-state index contributed by atoms with van der Waals surface area (Å²) in [6.07, 6.45) is 0.695. The molecule has 2 aromatic heterocycles. The van der Waals surface area contributed by atoms with Gasteiger partial charge in [0.1, 0.15) is 10.8 Å². The lowest BCUT2D eigenvalue weighted by molar-refractivity contribution is -0.130. The topological polar surface area (TPSA) is 94.3 Å². The van der Waals surface area contributed by atoms with Gasteiger partial charge in [0.05, 0.1) is 11.3 Å². The molecular formula is C18H23N3O4S. The molecule has 0 aromatic carbocycles. The normalized spacial score (nSPS) is 12.5. The Labute approximate surface area is 156 Å². The molecule has 0 unspecified atom stereocenters. The first-order chi connectivity index (χ1) is 12.2. The Morgan fingerprint density at radius 3 is 2.73 bits per heavy atom. The number of carbonyl (C=O) groups is 2. The smallest absolute Gasteiger partial charge is 0.341 e. The Kier molecular flexibility index (Phi) is 6.42. The number of esters is 1. The molecule has 0 spiro atoms. The summed E-state index contributed by atoms with van der Waals surface area (Å²) in [6.45, 7) is 8.94. The molecule has 7 nitrogen and oxygen atoms in total. The molecule has 0 saturated carbocycles. The maximum absolute atomic E-state index is 12.5. The number of aromatic nitrogens is 2. The van der Waals surface area contributed by atoms with E-state index < -0.39 is 17.6 Å². The van der Waals surface area contributed by atoms with Crippen LogP contribution in [-0.4, -0.2) is 33.7 Å². The summed E-state index contributed by atoms with van der Waals surface area (Å²) < 4.78 is 10.3. The Bertz CT molecular complexity index is 783. The number of pyridine rings is 1. The van der Waals surface area contributed by atoms with E-state index in [1.54, 1.807) is 25.3 Å². The highest BCUT2D eigenvalue weighted by atomic mass is 32.2. The quantitative estimate of drug-likeness (QED) is 0.610. The molecule has 1 atom stereocenters. The van der Waals surface area contributed by atoms with E-state index in [4.69, 9.17) is 9.26 Å². The van der Waals surface area contributed by atoms with Crippen LogP contribution in [0, 0.1) is 6.92 Å². The van der Waals surface area contributed by atoms with Crippen LogP contribution in [0.3, 0.4) is 0 Å². The lowest BCUT2D eigenvalue weighted by atomic mass is 10.1. The van der Waals surface area contributed by atoms with Crippen molar-refractivity contribution in [3.05, 3.63) is 41.4 Å². The summed E-state index contributed by atoms with van der Waals surface area (Å²) in [5.41, 5.74) is 0.673. The van der Waals surface area contributed by atoms with Gasteiger partial charge in [-0.3, -0.25) is 4.79 Å².